The van der Waals surface area contributed by atoms with Gasteiger partial charge in [0.1, 0.15) is 0 Å². The van der Waals surface area contributed by atoms with E-state index < -0.39 is 0 Å². The summed E-state index contributed by atoms with van der Waals surface area (Å²) in [5, 5.41) is 0. The van der Waals surface area contributed by atoms with Gasteiger partial charge in [0.2, 0.25) is 0 Å². The molecule has 0 amide bonds. The number of hydrogen-bond acceptors (Lipinski definition) is 1. The van der Waals surface area contributed by atoms with E-state index in [4.69, 9.17) is 0 Å². The van der Waals surface area contributed by atoms with E-state index in [0.717, 1.165) is 24.8 Å². The average Bonchev–Trinajstić information content (AvgIpc) is 3.09. The zero-order valence-corrected chi connectivity index (χ0v) is 12.9. The molecular weight excluding hydrogens is 268 g/mol. The predicted molar refractivity (Wildman–Crippen MR) is 90.0 cm³/mol. The van der Waals surface area contributed by atoms with Crippen LogP contribution in [0.25, 0.3) is 6.08 Å². The van der Waals surface area contributed by atoms with Gasteiger partial charge in [-0.2, -0.15) is 0 Å². The molecule has 2 aliphatic rings. The Balaban J connectivity index is 1.84. The summed E-state index contributed by atoms with van der Waals surface area (Å²) in [6.45, 7) is 2.18. The molecular formula is C21H20O. The summed E-state index contributed by atoms with van der Waals surface area (Å²) in [6.07, 6.45) is 7.30. The topological polar surface area (TPSA) is 17.1 Å². The minimum absolute atomic E-state index is 0.212. The third-order valence-corrected chi connectivity index (χ3v) is 5.31. The second kappa shape index (κ2) is 4.95. The number of carbonyl (C=O) groups excluding carboxylic acids is 1. The van der Waals surface area contributed by atoms with Crippen molar-refractivity contribution in [2.24, 2.45) is 5.41 Å². The zero-order chi connectivity index (χ0) is 15.2. The molecule has 0 saturated carbocycles. The Kier molecular flexibility index (Phi) is 3.04. The van der Waals surface area contributed by atoms with Crippen molar-refractivity contribution in [3.8, 4) is 0 Å². The Morgan fingerprint density at radius 1 is 1.09 bits per heavy atom. The summed E-state index contributed by atoms with van der Waals surface area (Å²) in [5.74, 6) is 0.555. The van der Waals surface area contributed by atoms with Gasteiger partial charge in [-0.15, -0.1) is 0 Å². The summed E-state index contributed by atoms with van der Waals surface area (Å²) >= 11 is 0. The van der Waals surface area contributed by atoms with Gasteiger partial charge < -0.3 is 0 Å². The van der Waals surface area contributed by atoms with Crippen LogP contribution in [0.4, 0.5) is 0 Å². The second-order valence-electron chi connectivity index (χ2n) is 6.53. The monoisotopic (exact) mass is 288 g/mol. The molecule has 2 atom stereocenters. The molecule has 2 aromatic rings. The first-order valence-electron chi connectivity index (χ1n) is 8.16. The minimum atomic E-state index is -0.290. The first-order valence-corrected chi connectivity index (χ1v) is 8.16. The van der Waals surface area contributed by atoms with Crippen molar-refractivity contribution in [2.45, 2.75) is 32.1 Å². The minimum Gasteiger partial charge on any atom is -0.293 e. The van der Waals surface area contributed by atoms with Gasteiger partial charge in [0.05, 0.1) is 0 Å². The van der Waals surface area contributed by atoms with E-state index in [1.807, 2.05) is 18.2 Å². The highest BCUT2D eigenvalue weighted by Gasteiger charge is 2.50. The van der Waals surface area contributed by atoms with Gasteiger partial charge in [0, 0.05) is 16.9 Å². The number of fused-ring (bicyclic) bond motifs is 2. The van der Waals surface area contributed by atoms with Crippen LogP contribution in [0, 0.1) is 5.41 Å². The molecule has 4 rings (SSSR count). The first kappa shape index (κ1) is 13.5. The number of benzene rings is 2. The van der Waals surface area contributed by atoms with Crippen LogP contribution in [0.15, 0.2) is 54.6 Å². The molecule has 110 valence electrons. The molecule has 0 aliphatic heterocycles. The highest BCUT2D eigenvalue weighted by molar-refractivity contribution is 6.06. The normalized spacial score (nSPS) is 25.3. The van der Waals surface area contributed by atoms with Gasteiger partial charge in [0.25, 0.3) is 0 Å². The fourth-order valence-corrected chi connectivity index (χ4v) is 4.37. The Labute approximate surface area is 131 Å². The van der Waals surface area contributed by atoms with Crippen LogP contribution in [0.3, 0.4) is 0 Å². The number of allylic oxidation sites excluding steroid dienone is 1. The van der Waals surface area contributed by atoms with Crippen molar-refractivity contribution < 1.29 is 4.79 Å². The molecule has 2 aromatic carbocycles. The van der Waals surface area contributed by atoms with Gasteiger partial charge in [-0.1, -0.05) is 74.0 Å². The maximum Gasteiger partial charge on any atom is 0.170 e. The van der Waals surface area contributed by atoms with Crippen LogP contribution in [-0.4, -0.2) is 5.78 Å². The molecule has 2 unspecified atom stereocenters. The fraction of sp³-hybridized carbons (Fsp3) is 0.286. The van der Waals surface area contributed by atoms with E-state index in [1.165, 1.54) is 16.7 Å². The van der Waals surface area contributed by atoms with Crippen LogP contribution >= 0.6 is 0 Å². The van der Waals surface area contributed by atoms with E-state index in [2.05, 4.69) is 49.4 Å². The average molecular weight is 288 g/mol. The third-order valence-electron chi connectivity index (χ3n) is 5.31. The molecule has 0 aromatic heterocycles. The van der Waals surface area contributed by atoms with Crippen LogP contribution in [0.2, 0.25) is 0 Å². The molecule has 0 fully saturated rings. The number of ketones is 1. The van der Waals surface area contributed by atoms with E-state index in [1.54, 1.807) is 0 Å². The maximum absolute atomic E-state index is 13.3. The Bertz CT molecular complexity index is 771. The Hall–Kier alpha value is -2.15. The lowest BCUT2D eigenvalue weighted by Gasteiger charge is -2.33. The molecule has 0 radical (unpaired) electrons. The predicted octanol–water partition coefficient (Wildman–Crippen LogP) is 5.02. The van der Waals surface area contributed by atoms with Crippen molar-refractivity contribution >= 4 is 11.9 Å². The molecule has 0 N–H and O–H groups in total. The van der Waals surface area contributed by atoms with E-state index in [9.17, 15) is 4.79 Å². The Morgan fingerprint density at radius 2 is 1.86 bits per heavy atom. The lowest BCUT2D eigenvalue weighted by atomic mass is 9.67. The molecule has 22 heavy (non-hydrogen) atoms. The summed E-state index contributed by atoms with van der Waals surface area (Å²) in [6, 6.07) is 16.7. The lowest BCUT2D eigenvalue weighted by molar-refractivity contribution is 0.0779. The summed E-state index contributed by atoms with van der Waals surface area (Å²) in [4.78, 5) is 13.3. The van der Waals surface area contributed by atoms with E-state index >= 15 is 0 Å². The second-order valence-corrected chi connectivity index (χ2v) is 6.53. The van der Waals surface area contributed by atoms with Crippen molar-refractivity contribution in [1.82, 2.24) is 0 Å². The SMILES string of the molecule is CCCC1(C2C=Cc3ccccc32)Cc2ccccc2C1=O. The van der Waals surface area contributed by atoms with Crippen molar-refractivity contribution in [1.29, 1.82) is 0 Å². The maximum atomic E-state index is 13.3. The van der Waals surface area contributed by atoms with Gasteiger partial charge in [-0.25, -0.2) is 0 Å². The molecule has 1 heteroatoms. The van der Waals surface area contributed by atoms with Crippen LogP contribution in [-0.2, 0) is 6.42 Å². The lowest BCUT2D eigenvalue weighted by Crippen LogP contribution is -2.34. The molecule has 2 aliphatic carbocycles. The van der Waals surface area contributed by atoms with Crippen LogP contribution in [0.1, 0.15) is 52.7 Å². The summed E-state index contributed by atoms with van der Waals surface area (Å²) < 4.78 is 0. The highest BCUT2D eigenvalue weighted by atomic mass is 16.1. The smallest absolute Gasteiger partial charge is 0.170 e. The Morgan fingerprint density at radius 3 is 2.68 bits per heavy atom. The highest BCUT2D eigenvalue weighted by Crippen LogP contribution is 2.53. The van der Waals surface area contributed by atoms with Crippen LogP contribution < -0.4 is 0 Å². The fourth-order valence-electron chi connectivity index (χ4n) is 4.37. The van der Waals surface area contributed by atoms with Gasteiger partial charge in [-0.3, -0.25) is 4.79 Å². The van der Waals surface area contributed by atoms with Gasteiger partial charge >= 0.3 is 0 Å². The molecule has 0 spiro atoms. The largest absolute Gasteiger partial charge is 0.293 e. The molecule has 1 nitrogen and oxygen atoms in total. The molecule has 0 bridgehead atoms. The van der Waals surface area contributed by atoms with E-state index in [0.29, 0.717) is 5.78 Å². The summed E-state index contributed by atoms with van der Waals surface area (Å²) in [5.41, 5.74) is 4.46. The molecule has 0 saturated heterocycles. The number of hydrogen-bond donors (Lipinski definition) is 0. The quantitative estimate of drug-likeness (QED) is 0.774. The van der Waals surface area contributed by atoms with Crippen molar-refractivity contribution in [3.63, 3.8) is 0 Å². The number of carbonyl (C=O) groups is 1. The van der Waals surface area contributed by atoms with Crippen molar-refractivity contribution in [2.75, 3.05) is 0 Å². The standard InChI is InChI=1S/C21H20O/c1-2-13-21(14-16-8-4-6-10-18(16)20(21)22)19-12-11-15-7-3-5-9-17(15)19/h3-12,19H,2,13-14H2,1H3. The van der Waals surface area contributed by atoms with Crippen LogP contribution in [0.5, 0.6) is 0 Å². The molecule has 0 heterocycles. The first-order chi connectivity index (χ1) is 10.8. The third kappa shape index (κ3) is 1.75. The van der Waals surface area contributed by atoms with E-state index in [-0.39, 0.29) is 11.3 Å². The summed E-state index contributed by atoms with van der Waals surface area (Å²) in [7, 11) is 0. The zero-order valence-electron chi connectivity index (χ0n) is 12.9. The van der Waals surface area contributed by atoms with Gasteiger partial charge in [0.15, 0.2) is 5.78 Å². The number of rotatable bonds is 3. The van der Waals surface area contributed by atoms with Gasteiger partial charge in [-0.05, 0) is 29.5 Å². The van der Waals surface area contributed by atoms with Crippen molar-refractivity contribution in [3.05, 3.63) is 76.9 Å². The number of Topliss-reactive ketones (excluding diaryl/α,β-unsaturated/α-hetero) is 1.